The molecule has 0 spiro atoms. The fourth-order valence-corrected chi connectivity index (χ4v) is 2.48. The van der Waals surface area contributed by atoms with Gasteiger partial charge < -0.3 is 20.3 Å². The number of amides is 1. The van der Waals surface area contributed by atoms with Crippen LogP contribution in [0.1, 0.15) is 6.42 Å². The van der Waals surface area contributed by atoms with Crippen LogP contribution in [0.15, 0.2) is 0 Å². The van der Waals surface area contributed by atoms with Crippen molar-refractivity contribution in [2.75, 3.05) is 14.1 Å². The fourth-order valence-electron chi connectivity index (χ4n) is 1.57. The summed E-state index contributed by atoms with van der Waals surface area (Å²) in [6.45, 7) is 3.38. The SMILES string of the molecule is C=[N+]=C(NC)SC1CC(O)C(O)C(C(=O)NC)O1. The van der Waals surface area contributed by atoms with E-state index < -0.39 is 29.7 Å². The first kappa shape index (κ1) is 15.0. The summed E-state index contributed by atoms with van der Waals surface area (Å²) in [7, 11) is 3.12. The van der Waals surface area contributed by atoms with Crippen molar-refractivity contribution in [3.63, 3.8) is 0 Å². The minimum atomic E-state index is -1.23. The van der Waals surface area contributed by atoms with Crippen molar-refractivity contribution in [1.82, 2.24) is 15.3 Å². The Morgan fingerprint density at radius 2 is 2.11 bits per heavy atom. The van der Waals surface area contributed by atoms with Gasteiger partial charge in [-0.1, -0.05) is 0 Å². The van der Waals surface area contributed by atoms with Crippen molar-refractivity contribution in [1.29, 1.82) is 0 Å². The molecule has 1 rings (SSSR count). The smallest absolute Gasteiger partial charge is 0.390 e. The van der Waals surface area contributed by atoms with Crippen molar-refractivity contribution in [2.24, 2.45) is 0 Å². The molecule has 0 aromatic carbocycles. The predicted octanol–water partition coefficient (Wildman–Crippen LogP) is -2.35. The maximum Gasteiger partial charge on any atom is 0.405 e. The van der Waals surface area contributed by atoms with Crippen molar-refractivity contribution >= 4 is 29.6 Å². The second kappa shape index (κ2) is 6.77. The summed E-state index contributed by atoms with van der Waals surface area (Å²) < 4.78 is 9.18. The molecular weight excluding hydrogens is 258 g/mol. The van der Waals surface area contributed by atoms with Crippen LogP contribution in [0.4, 0.5) is 0 Å². The number of nitrogens with zero attached hydrogens (tertiary/aromatic N) is 1. The van der Waals surface area contributed by atoms with E-state index in [4.69, 9.17) is 4.74 Å². The molecule has 4 unspecified atom stereocenters. The van der Waals surface area contributed by atoms with Gasteiger partial charge in [-0.05, 0) is 0 Å². The molecular formula is C10H18N3O4S+. The molecule has 1 aliphatic heterocycles. The number of amidine groups is 1. The molecule has 1 aliphatic rings. The molecule has 1 saturated heterocycles. The lowest BCUT2D eigenvalue weighted by Crippen LogP contribution is -2.54. The number of aliphatic hydroxyl groups is 2. The van der Waals surface area contributed by atoms with Crippen molar-refractivity contribution in [2.45, 2.75) is 30.2 Å². The number of ether oxygens (including phenoxy) is 1. The van der Waals surface area contributed by atoms with E-state index in [2.05, 4.69) is 22.0 Å². The van der Waals surface area contributed by atoms with E-state index >= 15 is 0 Å². The van der Waals surface area contributed by atoms with Gasteiger partial charge in [0.05, 0.1) is 13.2 Å². The Labute approximate surface area is 109 Å². The minimum Gasteiger partial charge on any atom is -0.390 e. The molecule has 0 radical (unpaired) electrons. The molecule has 7 nitrogen and oxygen atoms in total. The molecule has 0 aromatic rings. The summed E-state index contributed by atoms with van der Waals surface area (Å²) in [5, 5.41) is 25.1. The van der Waals surface area contributed by atoms with Crippen LogP contribution in [0.3, 0.4) is 0 Å². The van der Waals surface area contributed by atoms with Gasteiger partial charge in [-0.25, -0.2) is 4.67 Å². The summed E-state index contributed by atoms with van der Waals surface area (Å²) >= 11 is 1.21. The van der Waals surface area contributed by atoms with E-state index in [9.17, 15) is 15.0 Å². The van der Waals surface area contributed by atoms with Crippen LogP contribution in [0.25, 0.3) is 0 Å². The monoisotopic (exact) mass is 276 g/mol. The standard InChI is InChI=1S/C10H17N3O4S/c1-11-9(16)8-7(15)5(14)4-6(17-8)18-10(12-2)13-3/h5-8,14-15H,2,4H2,1,3H3,(H,11,16)/p+1. The van der Waals surface area contributed by atoms with Gasteiger partial charge in [0, 0.05) is 25.2 Å². The molecule has 102 valence electrons. The topological polar surface area (TPSA) is 105 Å². The van der Waals surface area contributed by atoms with Crippen LogP contribution < -0.4 is 15.3 Å². The summed E-state index contributed by atoms with van der Waals surface area (Å²) in [5.41, 5.74) is -0.473. The Bertz CT molecular complexity index is 359. The fraction of sp³-hybridized carbons (Fsp3) is 0.700. The van der Waals surface area contributed by atoms with Crippen molar-refractivity contribution in [3.05, 3.63) is 0 Å². The average Bonchev–Trinajstić information content (AvgIpc) is 2.38. The number of hydrogen-bond acceptors (Lipinski definition) is 5. The van der Waals surface area contributed by atoms with E-state index in [1.54, 1.807) is 7.05 Å². The molecule has 0 saturated carbocycles. The Morgan fingerprint density at radius 1 is 1.44 bits per heavy atom. The number of carbonyl (C=O) groups excluding carboxylic acids is 1. The van der Waals surface area contributed by atoms with Gasteiger partial charge in [-0.15, -0.1) is 0 Å². The molecule has 0 bridgehead atoms. The molecule has 0 aromatic heterocycles. The number of hydrogen-bond donors (Lipinski definition) is 4. The summed E-state index contributed by atoms with van der Waals surface area (Å²) in [6.07, 6.45) is -3.11. The molecule has 4 N–H and O–H groups in total. The average molecular weight is 276 g/mol. The third-order valence-electron chi connectivity index (χ3n) is 2.54. The quantitative estimate of drug-likeness (QED) is 0.256. The zero-order valence-corrected chi connectivity index (χ0v) is 11.1. The molecule has 4 atom stereocenters. The maximum atomic E-state index is 11.5. The third kappa shape index (κ3) is 3.47. The van der Waals surface area contributed by atoms with E-state index in [1.165, 1.54) is 18.8 Å². The molecule has 0 aliphatic carbocycles. The summed E-state index contributed by atoms with van der Waals surface area (Å²) in [5.74, 6) is -0.468. The largest absolute Gasteiger partial charge is 0.405 e. The van der Waals surface area contributed by atoms with E-state index in [1.807, 2.05) is 0 Å². The van der Waals surface area contributed by atoms with Crippen molar-refractivity contribution < 1.29 is 19.7 Å². The third-order valence-corrected chi connectivity index (χ3v) is 3.67. The van der Waals surface area contributed by atoms with E-state index in [-0.39, 0.29) is 6.42 Å². The molecule has 1 heterocycles. The molecule has 18 heavy (non-hydrogen) atoms. The van der Waals surface area contributed by atoms with Crippen LogP contribution in [0.2, 0.25) is 0 Å². The van der Waals surface area contributed by atoms with Gasteiger partial charge in [-0.2, -0.15) is 0 Å². The minimum absolute atomic E-state index is 0.208. The van der Waals surface area contributed by atoms with Gasteiger partial charge >= 0.3 is 5.17 Å². The highest BCUT2D eigenvalue weighted by molar-refractivity contribution is 8.14. The second-order valence-electron chi connectivity index (χ2n) is 3.73. The number of carbonyl (C=O) groups is 1. The first-order valence-electron chi connectivity index (χ1n) is 5.44. The first-order valence-corrected chi connectivity index (χ1v) is 6.32. The van der Waals surface area contributed by atoms with Gasteiger partial charge in [0.15, 0.2) is 12.8 Å². The number of rotatable bonds is 2. The van der Waals surface area contributed by atoms with Crippen LogP contribution in [-0.4, -0.2) is 65.8 Å². The van der Waals surface area contributed by atoms with Crippen molar-refractivity contribution in [3.8, 4) is 0 Å². The Kier molecular flexibility index (Phi) is 5.64. The number of likely N-dealkylation sites (N-methyl/N-ethyl adjacent to an activating group) is 1. The lowest BCUT2D eigenvalue weighted by molar-refractivity contribution is -0.166. The first-order chi connectivity index (χ1) is 8.53. The zero-order valence-electron chi connectivity index (χ0n) is 10.3. The highest BCUT2D eigenvalue weighted by Crippen LogP contribution is 2.27. The molecule has 1 fully saturated rings. The van der Waals surface area contributed by atoms with Gasteiger partial charge in [-0.3, -0.25) is 10.1 Å². The van der Waals surface area contributed by atoms with Gasteiger partial charge in [0.2, 0.25) is 0 Å². The lowest BCUT2D eigenvalue weighted by Gasteiger charge is -2.34. The number of thioether (sulfide) groups is 1. The molecule has 1 amide bonds. The normalized spacial score (nSPS) is 31.3. The van der Waals surface area contributed by atoms with Gasteiger partial charge in [0.1, 0.15) is 11.5 Å². The Hall–Kier alpha value is -1.05. The zero-order chi connectivity index (χ0) is 13.7. The van der Waals surface area contributed by atoms with E-state index in [0.29, 0.717) is 5.17 Å². The van der Waals surface area contributed by atoms with Crippen LogP contribution in [-0.2, 0) is 9.53 Å². The van der Waals surface area contributed by atoms with Crippen LogP contribution in [0, 0.1) is 0 Å². The Morgan fingerprint density at radius 3 is 2.61 bits per heavy atom. The lowest BCUT2D eigenvalue weighted by atomic mass is 10.0. The predicted molar refractivity (Wildman–Crippen MR) is 70.3 cm³/mol. The molecule has 8 heteroatoms. The summed E-state index contributed by atoms with van der Waals surface area (Å²) in [4.78, 5) is 11.5. The number of aliphatic hydroxyl groups excluding tert-OH is 2. The van der Waals surface area contributed by atoms with Gasteiger partial charge in [0.25, 0.3) is 5.91 Å². The number of nitrogens with one attached hydrogen (secondary N) is 2. The highest BCUT2D eigenvalue weighted by atomic mass is 32.2. The Balaban J connectivity index is 2.73. The second-order valence-corrected chi connectivity index (χ2v) is 4.87. The summed E-state index contributed by atoms with van der Waals surface area (Å²) in [6, 6.07) is 0. The van der Waals surface area contributed by atoms with E-state index in [0.717, 1.165) is 0 Å². The maximum absolute atomic E-state index is 11.5. The van der Waals surface area contributed by atoms with Crippen LogP contribution in [0.5, 0.6) is 0 Å². The highest BCUT2D eigenvalue weighted by Gasteiger charge is 2.41. The van der Waals surface area contributed by atoms with Crippen LogP contribution >= 0.6 is 11.8 Å².